The molecule has 5 rings (SSSR count). The maximum Gasteiger partial charge on any atom is 0.397 e. The Hall–Kier alpha value is -3.62. The number of aryl methyl sites for hydroxylation is 2. The van der Waals surface area contributed by atoms with Crippen LogP contribution >= 0.6 is 23.2 Å². The van der Waals surface area contributed by atoms with E-state index < -0.39 is 5.97 Å². The molecule has 0 saturated heterocycles. The van der Waals surface area contributed by atoms with Gasteiger partial charge in [0.25, 0.3) is 5.56 Å². The lowest BCUT2D eigenvalue weighted by Gasteiger charge is -2.09. The first-order valence-electron chi connectivity index (χ1n) is 10.4. The Morgan fingerprint density at radius 3 is 2.56 bits per heavy atom. The maximum absolute atomic E-state index is 13.2. The standard InChI is InChI=1S/C24H18Cl2N4O4/c1-4-33-24(32)21-27-20(28-34-21)12-5-8-19-15(9-12)16-11-17(14-7-6-13(25)10-18(14)26)23(31)30(3)22(16)29(19)2/h5-11H,4H2,1-3H3. The first-order valence-corrected chi connectivity index (χ1v) is 11.1. The van der Waals surface area contributed by atoms with E-state index in [0.717, 1.165) is 21.9 Å². The van der Waals surface area contributed by atoms with E-state index in [1.807, 2.05) is 35.9 Å². The Morgan fingerprint density at radius 2 is 1.82 bits per heavy atom. The second kappa shape index (κ2) is 8.30. The van der Waals surface area contributed by atoms with Crippen molar-refractivity contribution in [3.05, 3.63) is 68.8 Å². The fourth-order valence-electron chi connectivity index (χ4n) is 4.15. The molecule has 0 amide bonds. The van der Waals surface area contributed by atoms with Gasteiger partial charge in [-0.3, -0.25) is 9.36 Å². The van der Waals surface area contributed by atoms with E-state index in [-0.39, 0.29) is 23.9 Å². The van der Waals surface area contributed by atoms with Crippen LogP contribution in [-0.2, 0) is 18.8 Å². The summed E-state index contributed by atoms with van der Waals surface area (Å²) in [4.78, 5) is 29.3. The van der Waals surface area contributed by atoms with Crippen molar-refractivity contribution < 1.29 is 14.1 Å². The molecule has 0 bridgehead atoms. The Kier molecular flexibility index (Phi) is 5.42. The zero-order valence-corrected chi connectivity index (χ0v) is 19.9. The third-order valence-corrected chi connectivity index (χ3v) is 6.25. The van der Waals surface area contributed by atoms with Gasteiger partial charge in [-0.2, -0.15) is 4.98 Å². The van der Waals surface area contributed by atoms with Crippen LogP contribution in [0, 0.1) is 0 Å². The number of benzene rings is 2. The fourth-order valence-corrected chi connectivity index (χ4v) is 4.66. The Labute approximate surface area is 203 Å². The minimum atomic E-state index is -0.674. The van der Waals surface area contributed by atoms with E-state index >= 15 is 0 Å². The highest BCUT2D eigenvalue weighted by Crippen LogP contribution is 2.35. The lowest BCUT2D eigenvalue weighted by Crippen LogP contribution is -2.20. The van der Waals surface area contributed by atoms with Gasteiger partial charge in [0.1, 0.15) is 5.65 Å². The van der Waals surface area contributed by atoms with Crippen molar-refractivity contribution >= 4 is 51.1 Å². The van der Waals surface area contributed by atoms with Crippen molar-refractivity contribution in [3.63, 3.8) is 0 Å². The average molecular weight is 497 g/mol. The highest BCUT2D eigenvalue weighted by Gasteiger charge is 2.20. The zero-order chi connectivity index (χ0) is 24.1. The molecule has 0 unspecified atom stereocenters. The predicted octanol–water partition coefficient (Wildman–Crippen LogP) is 5.23. The zero-order valence-electron chi connectivity index (χ0n) is 18.4. The molecule has 3 aromatic heterocycles. The average Bonchev–Trinajstić information content (AvgIpc) is 3.40. The molecule has 0 aliphatic heterocycles. The van der Waals surface area contributed by atoms with Gasteiger partial charge in [0.05, 0.1) is 17.1 Å². The first kappa shape index (κ1) is 22.2. The van der Waals surface area contributed by atoms with Crippen LogP contribution in [-0.4, -0.2) is 31.9 Å². The summed E-state index contributed by atoms with van der Waals surface area (Å²) in [6, 6.07) is 12.5. The van der Waals surface area contributed by atoms with Crippen LogP contribution < -0.4 is 5.56 Å². The van der Waals surface area contributed by atoms with Crippen molar-refractivity contribution in [2.24, 2.45) is 14.1 Å². The number of carbonyl (C=O) groups excluding carboxylic acids is 1. The van der Waals surface area contributed by atoms with Crippen molar-refractivity contribution in [1.82, 2.24) is 19.3 Å². The van der Waals surface area contributed by atoms with E-state index in [4.69, 9.17) is 32.5 Å². The van der Waals surface area contributed by atoms with Gasteiger partial charge in [0, 0.05) is 46.6 Å². The first-order chi connectivity index (χ1) is 16.3. The van der Waals surface area contributed by atoms with E-state index in [9.17, 15) is 9.59 Å². The van der Waals surface area contributed by atoms with Gasteiger partial charge in [-0.1, -0.05) is 34.4 Å². The molecule has 34 heavy (non-hydrogen) atoms. The molecule has 0 spiro atoms. The third-order valence-electron chi connectivity index (χ3n) is 5.70. The Morgan fingerprint density at radius 1 is 1.03 bits per heavy atom. The molecule has 172 valence electrons. The Bertz CT molecular complexity index is 1670. The molecule has 5 aromatic rings. The molecule has 0 N–H and O–H groups in total. The summed E-state index contributed by atoms with van der Waals surface area (Å²) in [7, 11) is 3.62. The molecule has 0 aliphatic carbocycles. The summed E-state index contributed by atoms with van der Waals surface area (Å²) in [6.45, 7) is 1.90. The van der Waals surface area contributed by atoms with Crippen LogP contribution in [0.4, 0.5) is 0 Å². The number of pyridine rings is 1. The highest BCUT2D eigenvalue weighted by atomic mass is 35.5. The minimum Gasteiger partial charge on any atom is -0.459 e. The lowest BCUT2D eigenvalue weighted by molar-refractivity contribution is 0.0470. The van der Waals surface area contributed by atoms with Crippen LogP contribution in [0.5, 0.6) is 0 Å². The highest BCUT2D eigenvalue weighted by molar-refractivity contribution is 6.36. The number of carbonyl (C=O) groups is 1. The van der Waals surface area contributed by atoms with E-state index in [1.54, 1.807) is 36.7 Å². The number of rotatable bonds is 4. The second-order valence-electron chi connectivity index (χ2n) is 7.72. The van der Waals surface area contributed by atoms with Crippen LogP contribution in [0.1, 0.15) is 17.6 Å². The largest absolute Gasteiger partial charge is 0.459 e. The summed E-state index contributed by atoms with van der Waals surface area (Å²) in [6.07, 6.45) is 0. The number of hydrogen-bond donors (Lipinski definition) is 0. The monoisotopic (exact) mass is 496 g/mol. The van der Waals surface area contributed by atoms with Crippen molar-refractivity contribution in [2.45, 2.75) is 6.92 Å². The van der Waals surface area contributed by atoms with Gasteiger partial charge in [0.15, 0.2) is 0 Å². The summed E-state index contributed by atoms with van der Waals surface area (Å²) >= 11 is 12.5. The number of ether oxygens (including phenoxy) is 1. The van der Waals surface area contributed by atoms with Crippen LogP contribution in [0.25, 0.3) is 44.5 Å². The smallest absolute Gasteiger partial charge is 0.397 e. The van der Waals surface area contributed by atoms with Crippen LogP contribution in [0.3, 0.4) is 0 Å². The molecular weight excluding hydrogens is 479 g/mol. The molecule has 0 fully saturated rings. The number of hydrogen-bond acceptors (Lipinski definition) is 6. The van der Waals surface area contributed by atoms with Crippen LogP contribution in [0.2, 0.25) is 10.0 Å². The van der Waals surface area contributed by atoms with Gasteiger partial charge in [-0.25, -0.2) is 4.79 Å². The molecule has 0 aliphatic rings. The number of halogens is 2. The van der Waals surface area contributed by atoms with Gasteiger partial charge in [0.2, 0.25) is 5.82 Å². The quantitative estimate of drug-likeness (QED) is 0.316. The van der Waals surface area contributed by atoms with Crippen molar-refractivity contribution in [2.75, 3.05) is 6.61 Å². The molecule has 0 atom stereocenters. The summed E-state index contributed by atoms with van der Waals surface area (Å²) in [5.74, 6) is -0.628. The topological polar surface area (TPSA) is 92.2 Å². The number of aromatic nitrogens is 4. The van der Waals surface area contributed by atoms with Gasteiger partial charge in [-0.15, -0.1) is 0 Å². The molecule has 0 radical (unpaired) electrons. The maximum atomic E-state index is 13.2. The van der Waals surface area contributed by atoms with Gasteiger partial charge < -0.3 is 13.8 Å². The number of fused-ring (bicyclic) bond motifs is 3. The SMILES string of the molecule is CCOC(=O)c1nc(-c2ccc3c(c2)c2cc(-c4ccc(Cl)cc4Cl)c(=O)n(C)c2n3C)no1. The molecule has 2 aromatic carbocycles. The summed E-state index contributed by atoms with van der Waals surface area (Å²) in [5.41, 5.74) is 3.17. The molecular formula is C24H18Cl2N4O4. The molecule has 10 heteroatoms. The second-order valence-corrected chi connectivity index (χ2v) is 8.56. The van der Waals surface area contributed by atoms with Gasteiger partial charge >= 0.3 is 11.9 Å². The molecule has 3 heterocycles. The third kappa shape index (κ3) is 3.46. The Balaban J connectivity index is 1.73. The number of nitrogens with zero attached hydrogens (tertiary/aromatic N) is 4. The minimum absolute atomic E-state index is 0.180. The molecule has 8 nitrogen and oxygen atoms in total. The lowest BCUT2D eigenvalue weighted by atomic mass is 10.0. The summed E-state index contributed by atoms with van der Waals surface area (Å²) in [5, 5.41) is 6.52. The van der Waals surface area contributed by atoms with E-state index in [0.29, 0.717) is 26.7 Å². The number of esters is 1. The predicted molar refractivity (Wildman–Crippen MR) is 130 cm³/mol. The van der Waals surface area contributed by atoms with Crippen molar-refractivity contribution in [3.8, 4) is 22.5 Å². The van der Waals surface area contributed by atoms with E-state index in [2.05, 4.69) is 10.1 Å². The van der Waals surface area contributed by atoms with Crippen molar-refractivity contribution in [1.29, 1.82) is 0 Å². The normalized spacial score (nSPS) is 11.4. The summed E-state index contributed by atoms with van der Waals surface area (Å²) < 4.78 is 13.5. The van der Waals surface area contributed by atoms with Crippen LogP contribution in [0.15, 0.2) is 51.8 Å². The molecule has 0 saturated carbocycles. The van der Waals surface area contributed by atoms with E-state index in [1.165, 1.54) is 0 Å². The fraction of sp³-hybridized carbons (Fsp3) is 0.167. The van der Waals surface area contributed by atoms with Gasteiger partial charge in [-0.05, 0) is 43.3 Å².